The van der Waals surface area contributed by atoms with Crippen LogP contribution < -0.4 is 15.6 Å². The molecule has 4 heterocycles. The standard InChI is InChI=1S/C27H29FN6O4/c28-21-3-2-20-7-11-33(24(20)18-21)25-4-5-26(35)34(31-25)14-17-38-22-6-9-29-23(19-22)27(36)30-8-1-10-32-12-15-37-16-13-32/h2-7,9,11,18-19H,1,8,10,12-17H2,(H,30,36). The molecule has 38 heavy (non-hydrogen) atoms. The van der Waals surface area contributed by atoms with Crippen molar-refractivity contribution in [2.24, 2.45) is 0 Å². The van der Waals surface area contributed by atoms with Gasteiger partial charge < -0.3 is 14.8 Å². The lowest BCUT2D eigenvalue weighted by atomic mass is 10.2. The van der Waals surface area contributed by atoms with Gasteiger partial charge in [0.15, 0.2) is 5.82 Å². The summed E-state index contributed by atoms with van der Waals surface area (Å²) in [6.07, 6.45) is 4.14. The Morgan fingerprint density at radius 1 is 1.08 bits per heavy atom. The van der Waals surface area contributed by atoms with Crippen LogP contribution >= 0.6 is 0 Å². The highest BCUT2D eigenvalue weighted by molar-refractivity contribution is 5.92. The number of hydrogen-bond acceptors (Lipinski definition) is 7. The minimum absolute atomic E-state index is 0.155. The molecule has 1 amide bonds. The first kappa shape index (κ1) is 25.6. The van der Waals surface area contributed by atoms with E-state index in [1.54, 1.807) is 35.0 Å². The molecule has 1 fully saturated rings. The van der Waals surface area contributed by atoms with Crippen molar-refractivity contribution in [2.45, 2.75) is 13.0 Å². The zero-order valence-corrected chi connectivity index (χ0v) is 20.9. The van der Waals surface area contributed by atoms with Gasteiger partial charge in [-0.3, -0.25) is 24.0 Å². The Morgan fingerprint density at radius 2 is 1.95 bits per heavy atom. The molecule has 198 valence electrons. The molecule has 1 aromatic carbocycles. The molecule has 0 aliphatic carbocycles. The first-order chi connectivity index (χ1) is 18.6. The summed E-state index contributed by atoms with van der Waals surface area (Å²) in [4.78, 5) is 31.3. The smallest absolute Gasteiger partial charge is 0.270 e. The van der Waals surface area contributed by atoms with Crippen molar-refractivity contribution in [1.29, 1.82) is 0 Å². The van der Waals surface area contributed by atoms with Crippen LogP contribution in [0, 0.1) is 5.82 Å². The largest absolute Gasteiger partial charge is 0.492 e. The summed E-state index contributed by atoms with van der Waals surface area (Å²) < 4.78 is 27.9. The van der Waals surface area contributed by atoms with Gasteiger partial charge in [-0.2, -0.15) is 5.10 Å². The van der Waals surface area contributed by atoms with E-state index in [2.05, 4.69) is 20.3 Å². The van der Waals surface area contributed by atoms with Crippen molar-refractivity contribution in [3.8, 4) is 11.6 Å². The van der Waals surface area contributed by atoms with E-state index in [0.29, 0.717) is 23.6 Å². The summed E-state index contributed by atoms with van der Waals surface area (Å²) in [7, 11) is 0. The second-order valence-corrected chi connectivity index (χ2v) is 8.93. The average Bonchev–Trinajstić information content (AvgIpc) is 3.36. The molecule has 11 heteroatoms. The van der Waals surface area contributed by atoms with E-state index in [-0.39, 0.29) is 36.1 Å². The number of carbonyl (C=O) groups excluding carboxylic acids is 1. The minimum atomic E-state index is -0.349. The number of halogens is 1. The number of ether oxygens (including phenoxy) is 2. The van der Waals surface area contributed by atoms with Gasteiger partial charge in [-0.05, 0) is 49.4 Å². The first-order valence-corrected chi connectivity index (χ1v) is 12.6. The fraction of sp³-hybridized carbons (Fsp3) is 0.333. The fourth-order valence-electron chi connectivity index (χ4n) is 4.32. The fourth-order valence-corrected chi connectivity index (χ4v) is 4.32. The number of nitrogens with one attached hydrogen (secondary N) is 1. The van der Waals surface area contributed by atoms with Crippen LogP contribution in [0.2, 0.25) is 0 Å². The van der Waals surface area contributed by atoms with E-state index in [1.807, 2.05) is 6.07 Å². The summed E-state index contributed by atoms with van der Waals surface area (Å²) in [5.74, 6) is 0.340. The van der Waals surface area contributed by atoms with Gasteiger partial charge >= 0.3 is 0 Å². The van der Waals surface area contributed by atoms with Gasteiger partial charge in [0.25, 0.3) is 11.5 Å². The maximum Gasteiger partial charge on any atom is 0.270 e. The van der Waals surface area contributed by atoms with Crippen molar-refractivity contribution >= 4 is 16.8 Å². The summed E-state index contributed by atoms with van der Waals surface area (Å²) in [6.45, 7) is 5.15. The SMILES string of the molecule is O=C(NCCCN1CCOCC1)c1cc(OCCn2nc(-n3ccc4ccc(F)cc43)ccc2=O)ccn1. The number of hydrogen-bond donors (Lipinski definition) is 1. The Balaban J connectivity index is 1.15. The average molecular weight is 521 g/mol. The van der Waals surface area contributed by atoms with E-state index in [1.165, 1.54) is 29.1 Å². The molecule has 0 unspecified atom stereocenters. The van der Waals surface area contributed by atoms with Crippen LogP contribution in [0.25, 0.3) is 16.7 Å². The van der Waals surface area contributed by atoms with Crippen molar-refractivity contribution < 1.29 is 18.7 Å². The summed E-state index contributed by atoms with van der Waals surface area (Å²) in [5.41, 5.74) is 0.632. The van der Waals surface area contributed by atoms with Gasteiger partial charge in [-0.1, -0.05) is 0 Å². The molecule has 0 spiro atoms. The topological polar surface area (TPSA) is 104 Å². The highest BCUT2D eigenvalue weighted by Gasteiger charge is 2.12. The molecule has 1 saturated heterocycles. The second-order valence-electron chi connectivity index (χ2n) is 8.93. The predicted molar refractivity (Wildman–Crippen MR) is 139 cm³/mol. The third kappa shape index (κ3) is 6.24. The molecule has 10 nitrogen and oxygen atoms in total. The Labute approximate surface area is 218 Å². The number of morpholine rings is 1. The van der Waals surface area contributed by atoms with E-state index in [4.69, 9.17) is 9.47 Å². The highest BCUT2D eigenvalue weighted by atomic mass is 19.1. The Bertz CT molecular complexity index is 1460. The van der Waals surface area contributed by atoms with Gasteiger partial charge in [0.2, 0.25) is 0 Å². The molecule has 3 aromatic heterocycles. The summed E-state index contributed by atoms with van der Waals surface area (Å²) in [6, 6.07) is 12.6. The monoisotopic (exact) mass is 520 g/mol. The normalized spacial score (nSPS) is 14.0. The van der Waals surface area contributed by atoms with E-state index >= 15 is 0 Å². The summed E-state index contributed by atoms with van der Waals surface area (Å²) in [5, 5.41) is 8.18. The summed E-state index contributed by atoms with van der Waals surface area (Å²) >= 11 is 0. The number of rotatable bonds is 10. The quantitative estimate of drug-likeness (QED) is 0.320. The van der Waals surface area contributed by atoms with Gasteiger partial charge in [0, 0.05) is 49.5 Å². The molecule has 5 rings (SSSR count). The van der Waals surface area contributed by atoms with E-state index < -0.39 is 0 Å². The number of aromatic nitrogens is 4. The number of benzene rings is 1. The molecule has 0 bridgehead atoms. The molecule has 0 radical (unpaired) electrons. The van der Waals surface area contributed by atoms with E-state index in [9.17, 15) is 14.0 Å². The van der Waals surface area contributed by atoms with Crippen LogP contribution in [-0.4, -0.2) is 76.1 Å². The number of pyridine rings is 1. The molecule has 4 aromatic rings. The highest BCUT2D eigenvalue weighted by Crippen LogP contribution is 2.20. The lowest BCUT2D eigenvalue weighted by Crippen LogP contribution is -2.38. The maximum absolute atomic E-state index is 13.8. The molecule has 1 N–H and O–H groups in total. The number of carbonyl (C=O) groups is 1. The van der Waals surface area contributed by atoms with Crippen LogP contribution in [0.1, 0.15) is 16.9 Å². The molecule has 1 aliphatic heterocycles. The number of amides is 1. The Kier molecular flexibility index (Phi) is 8.05. The van der Waals surface area contributed by atoms with Gasteiger partial charge in [-0.25, -0.2) is 9.07 Å². The van der Waals surface area contributed by atoms with Crippen LogP contribution in [0.15, 0.2) is 65.7 Å². The second kappa shape index (κ2) is 12.0. The number of fused-ring (bicyclic) bond motifs is 1. The zero-order valence-electron chi connectivity index (χ0n) is 20.9. The zero-order chi connectivity index (χ0) is 26.3. The van der Waals surface area contributed by atoms with Crippen LogP contribution in [0.4, 0.5) is 4.39 Å². The Morgan fingerprint density at radius 3 is 2.82 bits per heavy atom. The van der Waals surface area contributed by atoms with Gasteiger partial charge in [0.05, 0.1) is 25.3 Å². The van der Waals surface area contributed by atoms with Crippen molar-refractivity contribution in [1.82, 2.24) is 29.5 Å². The Hall–Kier alpha value is -4.09. The molecule has 0 atom stereocenters. The maximum atomic E-state index is 13.8. The molecule has 0 saturated carbocycles. The molecular formula is C27H29FN6O4. The lowest BCUT2D eigenvalue weighted by molar-refractivity contribution is 0.0374. The van der Waals surface area contributed by atoms with Crippen molar-refractivity contribution in [3.05, 3.63) is 82.8 Å². The third-order valence-corrected chi connectivity index (χ3v) is 6.33. The van der Waals surface area contributed by atoms with E-state index in [0.717, 1.165) is 44.7 Å². The number of nitrogens with zero attached hydrogens (tertiary/aromatic N) is 5. The van der Waals surface area contributed by atoms with Crippen LogP contribution in [-0.2, 0) is 11.3 Å². The van der Waals surface area contributed by atoms with Gasteiger partial charge in [0.1, 0.15) is 23.9 Å². The third-order valence-electron chi connectivity index (χ3n) is 6.33. The van der Waals surface area contributed by atoms with Crippen LogP contribution in [0.3, 0.4) is 0 Å². The molecular weight excluding hydrogens is 491 g/mol. The van der Waals surface area contributed by atoms with Gasteiger partial charge in [-0.15, -0.1) is 0 Å². The van der Waals surface area contributed by atoms with Crippen LogP contribution in [0.5, 0.6) is 5.75 Å². The van der Waals surface area contributed by atoms with Crippen molar-refractivity contribution in [3.63, 3.8) is 0 Å². The molecule has 1 aliphatic rings. The van der Waals surface area contributed by atoms with Crippen molar-refractivity contribution in [2.75, 3.05) is 46.0 Å². The predicted octanol–water partition coefficient (Wildman–Crippen LogP) is 2.25. The lowest BCUT2D eigenvalue weighted by Gasteiger charge is -2.26. The minimum Gasteiger partial charge on any atom is -0.492 e. The first-order valence-electron chi connectivity index (χ1n) is 12.6.